The molecule has 2 amide bonds. The summed E-state index contributed by atoms with van der Waals surface area (Å²) in [5.74, 6) is 0.0954. The molecule has 0 aliphatic carbocycles. The summed E-state index contributed by atoms with van der Waals surface area (Å²) < 4.78 is 0. The van der Waals surface area contributed by atoms with Crippen LogP contribution in [-0.2, 0) is 4.79 Å². The van der Waals surface area contributed by atoms with Gasteiger partial charge in [-0.1, -0.05) is 12.1 Å². The Bertz CT molecular complexity index is 906. The molecule has 164 valence electrons. The van der Waals surface area contributed by atoms with Gasteiger partial charge in [-0.25, -0.2) is 0 Å². The van der Waals surface area contributed by atoms with Crippen LogP contribution in [0, 0.1) is 0 Å². The summed E-state index contributed by atoms with van der Waals surface area (Å²) in [7, 11) is 2.16. The van der Waals surface area contributed by atoms with Gasteiger partial charge < -0.3 is 20.0 Å². The van der Waals surface area contributed by atoms with E-state index in [1.165, 1.54) is 5.69 Å². The summed E-state index contributed by atoms with van der Waals surface area (Å²) >= 11 is 0. The molecule has 7 nitrogen and oxygen atoms in total. The smallest absolute Gasteiger partial charge is 0.252 e. The monoisotopic (exact) mass is 421 g/mol. The van der Waals surface area contributed by atoms with Gasteiger partial charge >= 0.3 is 0 Å². The van der Waals surface area contributed by atoms with E-state index >= 15 is 0 Å². The molecule has 0 spiro atoms. The van der Waals surface area contributed by atoms with Crippen LogP contribution in [0.3, 0.4) is 0 Å². The van der Waals surface area contributed by atoms with E-state index in [-0.39, 0.29) is 11.8 Å². The number of carbonyl (C=O) groups excluding carboxylic acids is 2. The predicted octanol–water partition coefficient (Wildman–Crippen LogP) is 2.24. The van der Waals surface area contributed by atoms with E-state index in [1.807, 2.05) is 11.0 Å². The van der Waals surface area contributed by atoms with Crippen molar-refractivity contribution in [3.05, 3.63) is 48.3 Å². The second-order valence-corrected chi connectivity index (χ2v) is 8.39. The van der Waals surface area contributed by atoms with Crippen molar-refractivity contribution in [2.24, 2.45) is 0 Å². The zero-order valence-corrected chi connectivity index (χ0v) is 18.2. The van der Waals surface area contributed by atoms with Crippen molar-refractivity contribution in [2.45, 2.75) is 19.3 Å². The number of nitrogens with zero attached hydrogens (tertiary/aromatic N) is 4. The van der Waals surface area contributed by atoms with Crippen LogP contribution in [0.25, 0.3) is 11.1 Å². The fourth-order valence-electron chi connectivity index (χ4n) is 4.17. The highest BCUT2D eigenvalue weighted by atomic mass is 16.2. The van der Waals surface area contributed by atoms with Gasteiger partial charge in [0.2, 0.25) is 5.91 Å². The molecule has 0 bridgehead atoms. The van der Waals surface area contributed by atoms with Crippen molar-refractivity contribution in [1.82, 2.24) is 20.1 Å². The molecule has 0 radical (unpaired) electrons. The molecule has 2 aromatic rings. The van der Waals surface area contributed by atoms with Crippen LogP contribution in [0.2, 0.25) is 0 Å². The Morgan fingerprint density at radius 3 is 2.52 bits per heavy atom. The van der Waals surface area contributed by atoms with Gasteiger partial charge in [-0.05, 0) is 43.7 Å². The van der Waals surface area contributed by atoms with Crippen LogP contribution >= 0.6 is 0 Å². The Hall–Kier alpha value is -2.93. The van der Waals surface area contributed by atoms with E-state index in [2.05, 4.69) is 51.4 Å². The fourth-order valence-corrected chi connectivity index (χ4v) is 4.17. The molecule has 1 N–H and O–H groups in total. The van der Waals surface area contributed by atoms with E-state index < -0.39 is 0 Å². The molecule has 7 heteroatoms. The summed E-state index contributed by atoms with van der Waals surface area (Å²) in [6.45, 7) is 6.34. The Labute approximate surface area is 184 Å². The normalized spacial score (nSPS) is 17.3. The number of anilines is 1. The summed E-state index contributed by atoms with van der Waals surface area (Å²) in [4.78, 5) is 35.1. The SMILES string of the molecule is CN1CCN(c2ccc(-c3cncc(C(=O)NCCCN4CCCC4=O)c3)cc2)CC1. The lowest BCUT2D eigenvalue weighted by atomic mass is 10.0. The predicted molar refractivity (Wildman–Crippen MR) is 122 cm³/mol. The Balaban J connectivity index is 1.32. The minimum absolute atomic E-state index is 0.129. The molecule has 2 aliphatic heterocycles. The van der Waals surface area contributed by atoms with Crippen LogP contribution in [0.4, 0.5) is 5.69 Å². The number of benzene rings is 1. The third kappa shape index (κ3) is 5.41. The van der Waals surface area contributed by atoms with Crippen molar-refractivity contribution in [1.29, 1.82) is 0 Å². The standard InChI is InChI=1S/C24H31N5O2/c1-27-12-14-28(15-13-27)22-7-5-19(6-8-22)20-16-21(18-25-17-20)24(31)26-9-3-11-29-10-2-4-23(29)30/h5-8,16-18H,2-4,9-15H2,1H3,(H,26,31). The van der Waals surface area contributed by atoms with Crippen molar-refractivity contribution in [3.63, 3.8) is 0 Å². The molecule has 2 aliphatic rings. The number of amides is 2. The maximum Gasteiger partial charge on any atom is 0.252 e. The number of likely N-dealkylation sites (tertiary alicyclic amines) is 1. The molecule has 2 fully saturated rings. The van der Waals surface area contributed by atoms with E-state index in [0.29, 0.717) is 25.1 Å². The molecule has 0 atom stereocenters. The molecule has 4 rings (SSSR count). The number of rotatable bonds is 7. The van der Waals surface area contributed by atoms with Gasteiger partial charge in [-0.2, -0.15) is 0 Å². The van der Waals surface area contributed by atoms with E-state index in [1.54, 1.807) is 12.4 Å². The van der Waals surface area contributed by atoms with Gasteiger partial charge in [-0.3, -0.25) is 14.6 Å². The summed E-state index contributed by atoms with van der Waals surface area (Å²) in [6, 6.07) is 10.4. The quantitative estimate of drug-likeness (QED) is 0.695. The largest absolute Gasteiger partial charge is 0.369 e. The first-order valence-corrected chi connectivity index (χ1v) is 11.1. The maximum absolute atomic E-state index is 12.5. The molecule has 0 saturated carbocycles. The first kappa shape index (κ1) is 21.3. The topological polar surface area (TPSA) is 68.8 Å². The Morgan fingerprint density at radius 2 is 1.81 bits per heavy atom. The van der Waals surface area contributed by atoms with Crippen LogP contribution in [0.5, 0.6) is 0 Å². The van der Waals surface area contributed by atoms with Crippen molar-refractivity contribution in [2.75, 3.05) is 57.8 Å². The van der Waals surface area contributed by atoms with Crippen molar-refractivity contribution >= 4 is 17.5 Å². The maximum atomic E-state index is 12.5. The average molecular weight is 422 g/mol. The average Bonchev–Trinajstić information content (AvgIpc) is 3.22. The molecule has 2 saturated heterocycles. The molecule has 0 unspecified atom stereocenters. The lowest BCUT2D eigenvalue weighted by Gasteiger charge is -2.34. The van der Waals surface area contributed by atoms with E-state index in [9.17, 15) is 9.59 Å². The first-order chi connectivity index (χ1) is 15.1. The highest BCUT2D eigenvalue weighted by molar-refractivity contribution is 5.95. The number of hydrogen-bond donors (Lipinski definition) is 1. The van der Waals surface area contributed by atoms with E-state index in [4.69, 9.17) is 0 Å². The molecule has 1 aromatic heterocycles. The highest BCUT2D eigenvalue weighted by Gasteiger charge is 2.19. The van der Waals surface area contributed by atoms with Gasteiger partial charge in [-0.15, -0.1) is 0 Å². The number of carbonyl (C=O) groups is 2. The minimum atomic E-state index is -0.129. The second kappa shape index (κ2) is 9.92. The van der Waals surface area contributed by atoms with E-state index in [0.717, 1.165) is 56.7 Å². The van der Waals surface area contributed by atoms with Gasteiger partial charge in [0.25, 0.3) is 5.91 Å². The lowest BCUT2D eigenvalue weighted by Crippen LogP contribution is -2.44. The Kier molecular flexibility index (Phi) is 6.82. The van der Waals surface area contributed by atoms with Crippen molar-refractivity contribution in [3.8, 4) is 11.1 Å². The summed E-state index contributed by atoms with van der Waals surface area (Å²) in [5.41, 5.74) is 3.76. The molecule has 31 heavy (non-hydrogen) atoms. The number of nitrogens with one attached hydrogen (secondary N) is 1. The number of hydrogen-bond acceptors (Lipinski definition) is 5. The van der Waals surface area contributed by atoms with Crippen LogP contribution in [0.15, 0.2) is 42.7 Å². The zero-order chi connectivity index (χ0) is 21.6. The third-order valence-corrected chi connectivity index (χ3v) is 6.13. The zero-order valence-electron chi connectivity index (χ0n) is 18.2. The van der Waals surface area contributed by atoms with Gasteiger partial charge in [0.05, 0.1) is 5.56 Å². The van der Waals surface area contributed by atoms with Crippen LogP contribution < -0.4 is 10.2 Å². The van der Waals surface area contributed by atoms with Gasteiger partial charge in [0.1, 0.15) is 0 Å². The van der Waals surface area contributed by atoms with Crippen molar-refractivity contribution < 1.29 is 9.59 Å². The third-order valence-electron chi connectivity index (χ3n) is 6.13. The fraction of sp³-hybridized carbons (Fsp3) is 0.458. The number of likely N-dealkylation sites (N-methyl/N-ethyl adjacent to an activating group) is 1. The van der Waals surface area contributed by atoms with Gasteiger partial charge in [0.15, 0.2) is 0 Å². The molecule has 1 aromatic carbocycles. The minimum Gasteiger partial charge on any atom is -0.369 e. The molecular formula is C24H31N5O2. The molecular weight excluding hydrogens is 390 g/mol. The summed E-state index contributed by atoms with van der Waals surface area (Å²) in [6.07, 6.45) is 5.75. The first-order valence-electron chi connectivity index (χ1n) is 11.1. The Morgan fingerprint density at radius 1 is 1.03 bits per heavy atom. The molecule has 3 heterocycles. The summed E-state index contributed by atoms with van der Waals surface area (Å²) in [5, 5.41) is 2.94. The highest BCUT2D eigenvalue weighted by Crippen LogP contribution is 2.24. The lowest BCUT2D eigenvalue weighted by molar-refractivity contribution is -0.127. The second-order valence-electron chi connectivity index (χ2n) is 8.39. The van der Waals surface area contributed by atoms with Gasteiger partial charge in [0, 0.05) is 75.9 Å². The number of pyridine rings is 1. The number of piperazine rings is 1. The number of aromatic nitrogens is 1. The van der Waals surface area contributed by atoms with Crippen LogP contribution in [-0.4, -0.2) is 79.5 Å². The van der Waals surface area contributed by atoms with Crippen LogP contribution in [0.1, 0.15) is 29.6 Å².